The van der Waals surface area contributed by atoms with Crippen LogP contribution in [0.1, 0.15) is 49.7 Å². The summed E-state index contributed by atoms with van der Waals surface area (Å²) in [5.41, 5.74) is 0.511. The van der Waals surface area contributed by atoms with Crippen LogP contribution >= 0.6 is 0 Å². The Morgan fingerprint density at radius 2 is 2.04 bits per heavy atom. The molecule has 3 rings (SSSR count). The van der Waals surface area contributed by atoms with E-state index in [4.69, 9.17) is 9.47 Å². The van der Waals surface area contributed by atoms with Crippen molar-refractivity contribution in [1.29, 1.82) is 0 Å². The van der Waals surface area contributed by atoms with E-state index in [1.165, 1.54) is 0 Å². The second-order valence-corrected chi connectivity index (χ2v) is 8.44. The number of ether oxygens (including phenoxy) is 2. The predicted molar refractivity (Wildman–Crippen MR) is 101 cm³/mol. The topological polar surface area (TPSA) is 80.8 Å². The number of nitrogens with zero attached hydrogens (tertiary/aromatic N) is 2. The molecule has 3 heterocycles. The van der Waals surface area contributed by atoms with E-state index in [1.54, 1.807) is 23.2 Å². The van der Waals surface area contributed by atoms with E-state index in [2.05, 4.69) is 10.3 Å². The van der Waals surface area contributed by atoms with Crippen LogP contribution in [0.15, 0.2) is 18.3 Å². The van der Waals surface area contributed by atoms with Gasteiger partial charge in [0.2, 0.25) is 0 Å². The number of rotatable bonds is 2. The molecule has 27 heavy (non-hydrogen) atoms. The van der Waals surface area contributed by atoms with Crippen molar-refractivity contribution in [2.75, 3.05) is 26.2 Å². The number of carbonyl (C=O) groups is 2. The van der Waals surface area contributed by atoms with Gasteiger partial charge in [0.25, 0.3) is 0 Å². The number of carbonyl (C=O) groups excluding carboxylic acids is 2. The monoisotopic (exact) mass is 375 g/mol. The minimum absolute atomic E-state index is 0.0263. The Hall–Kier alpha value is -1.99. The Labute approximate surface area is 160 Å². The van der Waals surface area contributed by atoms with Gasteiger partial charge in [-0.15, -0.1) is 0 Å². The van der Waals surface area contributed by atoms with E-state index in [0.717, 1.165) is 5.69 Å². The number of morpholine rings is 1. The Kier molecular flexibility index (Phi) is 5.53. The molecule has 1 unspecified atom stereocenters. The number of Topliss-reactive ketones (excluding diaryl/α,β-unsaturated/α-hetero) is 1. The molecule has 7 heteroatoms. The van der Waals surface area contributed by atoms with Gasteiger partial charge in [-0.05, 0) is 52.7 Å². The maximum atomic E-state index is 12.8. The van der Waals surface area contributed by atoms with Crippen LogP contribution in [0.5, 0.6) is 0 Å². The van der Waals surface area contributed by atoms with Gasteiger partial charge in [0.1, 0.15) is 11.7 Å². The molecule has 1 atom stereocenters. The summed E-state index contributed by atoms with van der Waals surface area (Å²) >= 11 is 0. The number of hydrogen-bond acceptors (Lipinski definition) is 6. The lowest BCUT2D eigenvalue weighted by Gasteiger charge is -2.46. The van der Waals surface area contributed by atoms with Crippen molar-refractivity contribution in [2.45, 2.75) is 57.8 Å². The summed E-state index contributed by atoms with van der Waals surface area (Å²) in [6, 6.07) is 3.52. The third-order valence-electron chi connectivity index (χ3n) is 4.97. The second-order valence-electron chi connectivity index (χ2n) is 8.44. The number of aryl methyl sites for hydroxylation is 1. The predicted octanol–water partition coefficient (Wildman–Crippen LogP) is 2.33. The molecule has 1 N–H and O–H groups in total. The lowest BCUT2D eigenvalue weighted by Crippen LogP contribution is -2.60. The van der Waals surface area contributed by atoms with Gasteiger partial charge in [-0.1, -0.05) is 0 Å². The first-order chi connectivity index (χ1) is 12.7. The fraction of sp³-hybridized carbons (Fsp3) is 0.650. The summed E-state index contributed by atoms with van der Waals surface area (Å²) in [6.45, 7) is 9.76. The number of pyridine rings is 1. The van der Waals surface area contributed by atoms with Crippen LogP contribution in [0.2, 0.25) is 0 Å². The van der Waals surface area contributed by atoms with Gasteiger partial charge in [-0.3, -0.25) is 9.78 Å². The average molecular weight is 375 g/mol. The number of ketones is 1. The van der Waals surface area contributed by atoms with Crippen LogP contribution in [0.3, 0.4) is 0 Å². The fourth-order valence-electron chi connectivity index (χ4n) is 3.57. The zero-order valence-corrected chi connectivity index (χ0v) is 16.6. The first-order valence-corrected chi connectivity index (χ1v) is 9.51. The van der Waals surface area contributed by atoms with E-state index in [-0.39, 0.29) is 11.9 Å². The van der Waals surface area contributed by atoms with Crippen LogP contribution in [0.25, 0.3) is 0 Å². The SMILES string of the molecule is Cc1cc(C(=O)C2CNCC3(CCN(C(=O)OC(C)(C)C)CC3)O2)ccn1. The van der Waals surface area contributed by atoms with Crippen LogP contribution < -0.4 is 5.32 Å². The number of nitrogens with one attached hydrogen (secondary N) is 1. The average Bonchev–Trinajstić information content (AvgIpc) is 2.60. The number of amides is 1. The van der Waals surface area contributed by atoms with Gasteiger partial charge < -0.3 is 19.7 Å². The molecule has 2 aliphatic rings. The number of piperidine rings is 1. The van der Waals surface area contributed by atoms with E-state index in [1.807, 2.05) is 27.7 Å². The highest BCUT2D eigenvalue weighted by Crippen LogP contribution is 2.31. The molecule has 0 radical (unpaired) electrons. The highest BCUT2D eigenvalue weighted by Gasteiger charge is 2.43. The Balaban J connectivity index is 1.61. The third-order valence-corrected chi connectivity index (χ3v) is 4.97. The van der Waals surface area contributed by atoms with E-state index < -0.39 is 17.3 Å². The molecule has 2 fully saturated rings. The molecule has 0 aliphatic carbocycles. The lowest BCUT2D eigenvalue weighted by atomic mass is 9.88. The molecule has 1 aromatic heterocycles. The van der Waals surface area contributed by atoms with Gasteiger partial charge >= 0.3 is 6.09 Å². The van der Waals surface area contributed by atoms with E-state index >= 15 is 0 Å². The molecule has 1 amide bonds. The zero-order valence-electron chi connectivity index (χ0n) is 16.6. The molecule has 7 nitrogen and oxygen atoms in total. The highest BCUT2D eigenvalue weighted by molar-refractivity contribution is 5.99. The number of aromatic nitrogens is 1. The Morgan fingerprint density at radius 1 is 1.33 bits per heavy atom. The van der Waals surface area contributed by atoms with Crippen LogP contribution in [-0.4, -0.2) is 65.2 Å². The fourth-order valence-corrected chi connectivity index (χ4v) is 3.57. The summed E-state index contributed by atoms with van der Waals surface area (Å²) in [7, 11) is 0. The van der Waals surface area contributed by atoms with Gasteiger partial charge in [0.15, 0.2) is 5.78 Å². The van der Waals surface area contributed by atoms with Crippen molar-refractivity contribution < 1.29 is 19.1 Å². The van der Waals surface area contributed by atoms with Crippen LogP contribution in [-0.2, 0) is 9.47 Å². The quantitative estimate of drug-likeness (QED) is 0.799. The van der Waals surface area contributed by atoms with Crippen molar-refractivity contribution in [1.82, 2.24) is 15.2 Å². The molecular weight excluding hydrogens is 346 g/mol. The van der Waals surface area contributed by atoms with Gasteiger partial charge in [-0.2, -0.15) is 0 Å². The molecule has 0 aromatic carbocycles. The molecule has 1 aromatic rings. The summed E-state index contributed by atoms with van der Waals surface area (Å²) in [4.78, 5) is 31.0. The van der Waals surface area contributed by atoms with E-state index in [9.17, 15) is 9.59 Å². The molecule has 1 spiro atoms. The Morgan fingerprint density at radius 3 is 2.67 bits per heavy atom. The standard InChI is InChI=1S/C20H29N3O4/c1-14-11-15(5-8-22-14)17(24)16-12-21-13-20(26-16)6-9-23(10-7-20)18(25)27-19(2,3)4/h5,8,11,16,21H,6-7,9-10,12-13H2,1-4H3. The summed E-state index contributed by atoms with van der Waals surface area (Å²) in [5, 5.41) is 3.35. The molecule has 148 valence electrons. The van der Waals surface area contributed by atoms with E-state index in [0.29, 0.717) is 44.6 Å². The minimum atomic E-state index is -0.520. The van der Waals surface area contributed by atoms with Crippen molar-refractivity contribution in [3.63, 3.8) is 0 Å². The normalized spacial score (nSPS) is 22.5. The van der Waals surface area contributed by atoms with Crippen molar-refractivity contribution in [3.05, 3.63) is 29.6 Å². The zero-order chi connectivity index (χ0) is 19.7. The summed E-state index contributed by atoms with van der Waals surface area (Å²) in [6.07, 6.45) is 2.19. The summed E-state index contributed by atoms with van der Waals surface area (Å²) < 4.78 is 11.7. The largest absolute Gasteiger partial charge is 0.444 e. The smallest absolute Gasteiger partial charge is 0.410 e. The number of likely N-dealkylation sites (tertiary alicyclic amines) is 1. The highest BCUT2D eigenvalue weighted by atomic mass is 16.6. The molecular formula is C20H29N3O4. The molecule has 0 bridgehead atoms. The number of hydrogen-bond donors (Lipinski definition) is 1. The third kappa shape index (κ3) is 4.84. The van der Waals surface area contributed by atoms with Gasteiger partial charge in [0, 0.05) is 43.6 Å². The van der Waals surface area contributed by atoms with Crippen LogP contribution in [0, 0.1) is 6.92 Å². The maximum Gasteiger partial charge on any atom is 0.410 e. The maximum absolute atomic E-state index is 12.8. The minimum Gasteiger partial charge on any atom is -0.444 e. The van der Waals surface area contributed by atoms with Crippen LogP contribution in [0.4, 0.5) is 4.79 Å². The molecule has 0 saturated carbocycles. The Bertz CT molecular complexity index is 705. The van der Waals surface area contributed by atoms with Crippen molar-refractivity contribution in [3.8, 4) is 0 Å². The first kappa shape index (κ1) is 19.8. The summed E-state index contributed by atoms with van der Waals surface area (Å²) in [5.74, 6) is -0.0263. The van der Waals surface area contributed by atoms with Gasteiger partial charge in [0.05, 0.1) is 5.60 Å². The lowest BCUT2D eigenvalue weighted by molar-refractivity contribution is -0.126. The van der Waals surface area contributed by atoms with Crippen molar-refractivity contribution in [2.24, 2.45) is 0 Å². The second kappa shape index (κ2) is 7.56. The first-order valence-electron chi connectivity index (χ1n) is 9.51. The molecule has 2 saturated heterocycles. The molecule has 2 aliphatic heterocycles. The van der Waals surface area contributed by atoms with Gasteiger partial charge in [-0.25, -0.2) is 4.79 Å². The van der Waals surface area contributed by atoms with Crippen molar-refractivity contribution >= 4 is 11.9 Å².